The number of nitriles is 2. The molecule has 2 nitrogen and oxygen atoms in total. The van der Waals surface area contributed by atoms with Crippen molar-refractivity contribution in [2.45, 2.75) is 0 Å². The van der Waals surface area contributed by atoms with Gasteiger partial charge in [0, 0.05) is 0 Å². The minimum absolute atomic E-state index is 0.670. The van der Waals surface area contributed by atoms with E-state index in [1.807, 2.05) is 0 Å². The van der Waals surface area contributed by atoms with Crippen molar-refractivity contribution in [2.24, 2.45) is 0 Å². The fourth-order valence-electron chi connectivity index (χ4n) is 0.0151. The van der Waals surface area contributed by atoms with Crippen molar-refractivity contribution < 1.29 is 19.8 Å². The van der Waals surface area contributed by atoms with Gasteiger partial charge in [0.25, 0.3) is 0 Å². The first kappa shape index (κ1) is 4.72. The molecule has 0 aliphatic heterocycles. The summed E-state index contributed by atoms with van der Waals surface area (Å²) in [4.78, 5) is 0. The molecule has 0 aromatic rings. The topological polar surface area (TPSA) is 47.6 Å². The molecule has 0 spiro atoms. The first-order valence-corrected chi connectivity index (χ1v) is 2.92. The van der Waals surface area contributed by atoms with Crippen molar-refractivity contribution in [3.05, 3.63) is 0 Å². The van der Waals surface area contributed by atoms with Gasteiger partial charge >= 0.3 is 38.9 Å². The Kier molecular flexibility index (Phi) is 3.51. The predicted octanol–water partition coefficient (Wildman–Crippen LogP) is 0.0311. The molecule has 0 heterocycles. The zero-order chi connectivity index (χ0) is 4.12. The van der Waals surface area contributed by atoms with Gasteiger partial charge in [0.05, 0.1) is 0 Å². The summed E-state index contributed by atoms with van der Waals surface area (Å²) in [6.45, 7) is 0. The number of hydrogen-bond donors (Lipinski definition) is 0. The molecule has 0 aromatic carbocycles. The summed E-state index contributed by atoms with van der Waals surface area (Å²) in [5.74, 6) is 0. The van der Waals surface area contributed by atoms with Crippen LogP contribution < -0.4 is 0 Å². The van der Waals surface area contributed by atoms with Gasteiger partial charge in [-0.2, -0.15) is 0 Å². The third-order valence-electron chi connectivity index (χ3n) is 0.0674. The van der Waals surface area contributed by atoms with E-state index in [-0.39, 0.29) is 0 Å². The van der Waals surface area contributed by atoms with Crippen LogP contribution in [-0.2, 0) is 19.8 Å². The molecular formula is C2AuN2-. The van der Waals surface area contributed by atoms with Gasteiger partial charge in [-0.1, -0.05) is 0 Å². The number of rotatable bonds is 0. The quantitative estimate of drug-likeness (QED) is 0.568. The summed E-state index contributed by atoms with van der Waals surface area (Å²) < 4.78 is 3.51. The molecule has 0 N–H and O–H groups in total. The second-order valence-electron chi connectivity index (χ2n) is 0.210. The molecule has 3 heteroatoms. The van der Waals surface area contributed by atoms with Gasteiger partial charge in [0.15, 0.2) is 0 Å². The molecule has 5 heavy (non-hydrogen) atoms. The summed E-state index contributed by atoms with van der Waals surface area (Å²) in [5, 5.41) is 15.3. The molecular weight excluding hydrogens is 249 g/mol. The average molecular weight is 249 g/mol. The summed E-state index contributed by atoms with van der Waals surface area (Å²) in [5.41, 5.74) is 0. The van der Waals surface area contributed by atoms with E-state index in [1.54, 1.807) is 8.57 Å². The van der Waals surface area contributed by atoms with Crippen LogP contribution in [0.1, 0.15) is 0 Å². The Morgan fingerprint density at radius 1 is 1.20 bits per heavy atom. The summed E-state index contributed by atoms with van der Waals surface area (Å²) in [6.07, 6.45) is 0. The van der Waals surface area contributed by atoms with E-state index >= 15 is 0 Å². The number of nitrogens with zero attached hydrogens (tertiary/aromatic N) is 2. The molecule has 0 aromatic heterocycles. The molecule has 0 fully saturated rings. The maximum atomic E-state index is 7.64. The average Bonchev–Trinajstić information content (AvgIpc) is 1.41. The molecule has 0 rings (SSSR count). The molecule has 0 unspecified atom stereocenters. The molecule has 0 atom stereocenters. The van der Waals surface area contributed by atoms with E-state index in [1.165, 1.54) is 0 Å². The third kappa shape index (κ3) is 3.72. The number of hydrogen-bond acceptors (Lipinski definition) is 2. The van der Waals surface area contributed by atoms with E-state index in [9.17, 15) is 0 Å². The Morgan fingerprint density at radius 2 is 1.60 bits per heavy atom. The SMILES string of the molecule is N#[C][Au-][C]#N. The maximum absolute atomic E-state index is 7.64. The van der Waals surface area contributed by atoms with Crippen molar-refractivity contribution in [1.29, 1.82) is 10.5 Å². The molecule has 0 saturated heterocycles. The van der Waals surface area contributed by atoms with E-state index in [0.717, 1.165) is 0 Å². The van der Waals surface area contributed by atoms with Gasteiger partial charge in [-0.05, 0) is 0 Å². The van der Waals surface area contributed by atoms with Crippen molar-refractivity contribution in [3.63, 3.8) is 0 Å². The molecule has 0 bridgehead atoms. The molecule has 0 radical (unpaired) electrons. The second-order valence-corrected chi connectivity index (χ2v) is 1.72. The van der Waals surface area contributed by atoms with Crippen molar-refractivity contribution in [1.82, 2.24) is 0 Å². The molecule has 0 aliphatic rings. The fraction of sp³-hybridized carbons (Fsp3) is 0. The van der Waals surface area contributed by atoms with Crippen LogP contribution in [0.5, 0.6) is 0 Å². The van der Waals surface area contributed by atoms with Gasteiger partial charge in [-0.25, -0.2) is 0 Å². The van der Waals surface area contributed by atoms with E-state index in [4.69, 9.17) is 10.5 Å². The molecule has 0 saturated carbocycles. The van der Waals surface area contributed by atoms with Crippen LogP contribution >= 0.6 is 0 Å². The monoisotopic (exact) mass is 249 g/mol. The summed E-state index contributed by atoms with van der Waals surface area (Å²) in [6, 6.07) is 0. The first-order chi connectivity index (χ1) is 2.41. The second kappa shape index (κ2) is 3.72. The van der Waals surface area contributed by atoms with Crippen LogP contribution in [0.15, 0.2) is 0 Å². The first-order valence-electron chi connectivity index (χ1n) is 0.749. The van der Waals surface area contributed by atoms with Gasteiger partial charge in [0.1, 0.15) is 0 Å². The van der Waals surface area contributed by atoms with Gasteiger partial charge < -0.3 is 0 Å². The van der Waals surface area contributed by atoms with Crippen molar-refractivity contribution in [3.8, 4) is 8.57 Å². The van der Waals surface area contributed by atoms with Gasteiger partial charge in [0.2, 0.25) is 0 Å². The van der Waals surface area contributed by atoms with E-state index in [0.29, 0.717) is 0 Å². The minimum atomic E-state index is -0.670. The van der Waals surface area contributed by atoms with Crippen LogP contribution in [0.25, 0.3) is 0 Å². The molecule has 0 aliphatic carbocycles. The zero-order valence-electron chi connectivity index (χ0n) is 2.20. The molecule has 30 valence electrons. The van der Waals surface area contributed by atoms with E-state index in [2.05, 4.69) is 0 Å². The van der Waals surface area contributed by atoms with E-state index < -0.39 is 19.8 Å². The zero-order valence-corrected chi connectivity index (χ0v) is 4.36. The van der Waals surface area contributed by atoms with Crippen LogP contribution in [0.4, 0.5) is 0 Å². The van der Waals surface area contributed by atoms with Gasteiger partial charge in [-0.15, -0.1) is 0 Å². The summed E-state index contributed by atoms with van der Waals surface area (Å²) >= 11 is -0.670. The van der Waals surface area contributed by atoms with Gasteiger partial charge in [-0.3, -0.25) is 0 Å². The third-order valence-corrected chi connectivity index (χ3v) is 0.552. The van der Waals surface area contributed by atoms with Crippen LogP contribution in [0.2, 0.25) is 0 Å². The summed E-state index contributed by atoms with van der Waals surface area (Å²) in [7, 11) is 0. The fourth-order valence-corrected chi connectivity index (χ4v) is 0.123. The Labute approximate surface area is 39.3 Å². The Balaban J connectivity index is 2.86. The Bertz CT molecular complexity index is 72.8. The van der Waals surface area contributed by atoms with Crippen LogP contribution in [0.3, 0.4) is 0 Å². The Morgan fingerprint density at radius 3 is 1.60 bits per heavy atom. The Hall–Kier alpha value is -0.280. The van der Waals surface area contributed by atoms with Crippen LogP contribution in [-0.4, -0.2) is 0 Å². The van der Waals surface area contributed by atoms with Crippen molar-refractivity contribution >= 4 is 0 Å². The van der Waals surface area contributed by atoms with Crippen molar-refractivity contribution in [2.75, 3.05) is 0 Å². The standard InChI is InChI=1S/2CN.Au/c2*1-2;/q;;-1. The normalized spacial score (nSPS) is 5.20. The van der Waals surface area contributed by atoms with Crippen LogP contribution in [0, 0.1) is 19.1 Å². The predicted molar refractivity (Wildman–Crippen MR) is 11.2 cm³/mol. The molecule has 0 amide bonds.